The molecule has 5 rings (SSSR count). The Morgan fingerprint density at radius 2 is 1.10 bits per heavy atom. The van der Waals surface area contributed by atoms with E-state index in [4.69, 9.17) is 0 Å². The van der Waals surface area contributed by atoms with Gasteiger partial charge in [0.2, 0.25) is 0 Å². The third-order valence-corrected chi connectivity index (χ3v) is 6.08. The van der Waals surface area contributed by atoms with Gasteiger partial charge in [0.05, 0.1) is 11.4 Å². The molecule has 0 amide bonds. The summed E-state index contributed by atoms with van der Waals surface area (Å²) in [6.07, 6.45) is 0. The number of aryl methyl sites for hydroxylation is 3. The minimum atomic E-state index is 0.806. The molecule has 0 aliphatic carbocycles. The lowest BCUT2D eigenvalue weighted by Gasteiger charge is -2.24. The number of fused-ring (bicyclic) bond motifs is 1. The van der Waals surface area contributed by atoms with Crippen LogP contribution in [0.1, 0.15) is 16.7 Å². The van der Waals surface area contributed by atoms with Crippen molar-refractivity contribution in [3.63, 3.8) is 0 Å². The average molecular weight is 391 g/mol. The van der Waals surface area contributed by atoms with Crippen LogP contribution in [-0.4, -0.2) is 6.67 Å². The van der Waals surface area contributed by atoms with Gasteiger partial charge in [-0.1, -0.05) is 60.7 Å². The van der Waals surface area contributed by atoms with Gasteiger partial charge in [0.1, 0.15) is 6.67 Å². The molecule has 1 heterocycles. The van der Waals surface area contributed by atoms with Gasteiger partial charge in [-0.15, -0.1) is 0 Å². The monoisotopic (exact) mass is 390 g/mol. The van der Waals surface area contributed by atoms with Crippen LogP contribution in [0.15, 0.2) is 91.0 Å². The normalized spacial score (nSPS) is 12.9. The first-order valence-electron chi connectivity index (χ1n) is 10.5. The van der Waals surface area contributed by atoms with Crippen LogP contribution in [0.2, 0.25) is 0 Å². The van der Waals surface area contributed by atoms with Gasteiger partial charge in [0.25, 0.3) is 0 Å². The molecule has 0 bridgehead atoms. The van der Waals surface area contributed by atoms with Crippen LogP contribution < -0.4 is 9.80 Å². The molecule has 1 aliphatic heterocycles. The van der Waals surface area contributed by atoms with Crippen molar-refractivity contribution in [2.45, 2.75) is 20.8 Å². The number of hydrogen-bond donors (Lipinski definition) is 0. The molecular weight excluding hydrogens is 364 g/mol. The standard InChI is InChI=1S/C28H26N2/c1-20-10-4-5-15-25(20)30-19-29(26-16-6-7-17-27(26)30)24-14-9-13-23(18-24)28-21(2)11-8-12-22(28)3/h4-18H,19H2,1-3H3. The van der Waals surface area contributed by atoms with E-state index < -0.39 is 0 Å². The van der Waals surface area contributed by atoms with Crippen molar-refractivity contribution in [2.24, 2.45) is 0 Å². The highest BCUT2D eigenvalue weighted by Gasteiger charge is 2.28. The molecule has 2 heteroatoms. The molecule has 4 aromatic carbocycles. The van der Waals surface area contributed by atoms with Gasteiger partial charge < -0.3 is 9.80 Å². The lowest BCUT2D eigenvalue weighted by molar-refractivity contribution is 0.986. The first kappa shape index (κ1) is 18.5. The summed E-state index contributed by atoms with van der Waals surface area (Å²) in [5.41, 5.74) is 11.5. The molecule has 1 aliphatic rings. The van der Waals surface area contributed by atoms with Crippen LogP contribution >= 0.6 is 0 Å². The number of hydrogen-bond acceptors (Lipinski definition) is 2. The first-order chi connectivity index (χ1) is 14.6. The molecule has 0 aromatic heterocycles. The highest BCUT2D eigenvalue weighted by atomic mass is 15.4. The van der Waals surface area contributed by atoms with Crippen molar-refractivity contribution in [3.8, 4) is 11.1 Å². The molecule has 0 N–H and O–H groups in total. The van der Waals surface area contributed by atoms with E-state index in [0.29, 0.717) is 0 Å². The van der Waals surface area contributed by atoms with E-state index in [2.05, 4.69) is 122 Å². The SMILES string of the molecule is Cc1ccccc1N1CN(c2cccc(-c3c(C)cccc3C)c2)c2ccccc21. The summed E-state index contributed by atoms with van der Waals surface area (Å²) in [4.78, 5) is 4.83. The smallest absolute Gasteiger partial charge is 0.100 e. The fraction of sp³-hybridized carbons (Fsp3) is 0.143. The third kappa shape index (κ3) is 3.05. The predicted molar refractivity (Wildman–Crippen MR) is 128 cm³/mol. The molecule has 0 atom stereocenters. The van der Waals surface area contributed by atoms with Crippen LogP contribution in [0.3, 0.4) is 0 Å². The summed E-state index contributed by atoms with van der Waals surface area (Å²) in [5, 5.41) is 0. The highest BCUT2D eigenvalue weighted by molar-refractivity contribution is 5.88. The lowest BCUT2D eigenvalue weighted by Crippen LogP contribution is -2.24. The van der Waals surface area contributed by atoms with Gasteiger partial charge in [-0.2, -0.15) is 0 Å². The molecule has 0 radical (unpaired) electrons. The Labute approximate surface area is 179 Å². The van der Waals surface area contributed by atoms with Gasteiger partial charge in [0, 0.05) is 11.4 Å². The Hall–Kier alpha value is -3.52. The number of nitrogens with zero attached hydrogens (tertiary/aromatic N) is 2. The zero-order valence-corrected chi connectivity index (χ0v) is 17.8. The Morgan fingerprint density at radius 1 is 0.533 bits per heavy atom. The molecule has 30 heavy (non-hydrogen) atoms. The summed E-state index contributed by atoms with van der Waals surface area (Å²) < 4.78 is 0. The first-order valence-corrected chi connectivity index (χ1v) is 10.5. The molecule has 2 nitrogen and oxygen atoms in total. The van der Waals surface area contributed by atoms with Crippen LogP contribution in [0.25, 0.3) is 11.1 Å². The number of para-hydroxylation sites is 3. The second-order valence-electron chi connectivity index (χ2n) is 8.09. The summed E-state index contributed by atoms with van der Waals surface area (Å²) in [7, 11) is 0. The van der Waals surface area contributed by atoms with Gasteiger partial charge >= 0.3 is 0 Å². The largest absolute Gasteiger partial charge is 0.321 e. The number of anilines is 4. The van der Waals surface area contributed by atoms with E-state index in [1.54, 1.807) is 0 Å². The maximum atomic E-state index is 2.42. The molecule has 0 unspecified atom stereocenters. The van der Waals surface area contributed by atoms with Crippen LogP contribution in [0.5, 0.6) is 0 Å². The summed E-state index contributed by atoms with van der Waals surface area (Å²) in [5.74, 6) is 0. The van der Waals surface area contributed by atoms with E-state index >= 15 is 0 Å². The summed E-state index contributed by atoms with van der Waals surface area (Å²) in [6, 6.07) is 32.8. The Balaban J connectivity index is 1.60. The zero-order valence-electron chi connectivity index (χ0n) is 17.8. The Kier molecular flexibility index (Phi) is 4.55. The van der Waals surface area contributed by atoms with Crippen LogP contribution in [-0.2, 0) is 0 Å². The summed E-state index contributed by atoms with van der Waals surface area (Å²) in [6.45, 7) is 7.38. The fourth-order valence-corrected chi connectivity index (χ4v) is 4.61. The van der Waals surface area contributed by atoms with E-state index in [1.807, 2.05) is 0 Å². The van der Waals surface area contributed by atoms with E-state index in [1.165, 1.54) is 50.6 Å². The van der Waals surface area contributed by atoms with Gasteiger partial charge in [0.15, 0.2) is 0 Å². The maximum Gasteiger partial charge on any atom is 0.100 e. The summed E-state index contributed by atoms with van der Waals surface area (Å²) >= 11 is 0. The second-order valence-corrected chi connectivity index (χ2v) is 8.09. The zero-order chi connectivity index (χ0) is 20.7. The molecule has 148 valence electrons. The molecular formula is C28H26N2. The van der Waals surface area contributed by atoms with Crippen molar-refractivity contribution < 1.29 is 0 Å². The molecule has 0 spiro atoms. The van der Waals surface area contributed by atoms with Crippen molar-refractivity contribution in [1.82, 2.24) is 0 Å². The van der Waals surface area contributed by atoms with Crippen LogP contribution in [0, 0.1) is 20.8 Å². The third-order valence-electron chi connectivity index (χ3n) is 6.08. The maximum absolute atomic E-state index is 2.42. The van der Waals surface area contributed by atoms with Crippen molar-refractivity contribution in [1.29, 1.82) is 0 Å². The second kappa shape index (κ2) is 7.38. The van der Waals surface area contributed by atoms with E-state index in [0.717, 1.165) is 6.67 Å². The Morgan fingerprint density at radius 3 is 1.80 bits per heavy atom. The van der Waals surface area contributed by atoms with E-state index in [-0.39, 0.29) is 0 Å². The van der Waals surface area contributed by atoms with Gasteiger partial charge in [-0.25, -0.2) is 0 Å². The Bertz CT molecular complexity index is 1200. The van der Waals surface area contributed by atoms with Gasteiger partial charge in [-0.3, -0.25) is 0 Å². The highest BCUT2D eigenvalue weighted by Crippen LogP contribution is 2.45. The quantitative estimate of drug-likeness (QED) is 0.357. The minimum absolute atomic E-state index is 0.806. The average Bonchev–Trinajstić information content (AvgIpc) is 3.14. The van der Waals surface area contributed by atoms with Crippen LogP contribution in [0.4, 0.5) is 22.7 Å². The van der Waals surface area contributed by atoms with Crippen molar-refractivity contribution in [2.75, 3.05) is 16.5 Å². The molecule has 4 aromatic rings. The predicted octanol–water partition coefficient (Wildman–Crippen LogP) is 7.53. The topological polar surface area (TPSA) is 6.48 Å². The lowest BCUT2D eigenvalue weighted by atomic mass is 9.95. The van der Waals surface area contributed by atoms with Crippen molar-refractivity contribution in [3.05, 3.63) is 108 Å². The van der Waals surface area contributed by atoms with Gasteiger partial charge in [-0.05, 0) is 78.9 Å². The molecule has 0 fully saturated rings. The molecule has 0 saturated carbocycles. The molecule has 0 saturated heterocycles. The number of benzene rings is 4. The number of rotatable bonds is 3. The van der Waals surface area contributed by atoms with E-state index in [9.17, 15) is 0 Å². The minimum Gasteiger partial charge on any atom is -0.321 e. The fourth-order valence-electron chi connectivity index (χ4n) is 4.61. The van der Waals surface area contributed by atoms with Crippen molar-refractivity contribution >= 4 is 22.7 Å².